The Morgan fingerprint density at radius 2 is 1.91 bits per heavy atom. The third-order valence-electron chi connectivity index (χ3n) is 4.13. The van der Waals surface area contributed by atoms with Crippen molar-refractivity contribution in [1.82, 2.24) is 5.32 Å². The van der Waals surface area contributed by atoms with Gasteiger partial charge in [-0.25, -0.2) is 0 Å². The van der Waals surface area contributed by atoms with Gasteiger partial charge in [0.2, 0.25) is 11.8 Å². The van der Waals surface area contributed by atoms with Crippen LogP contribution in [-0.4, -0.2) is 32.1 Å². The van der Waals surface area contributed by atoms with Crippen molar-refractivity contribution in [2.75, 3.05) is 19.5 Å². The summed E-state index contributed by atoms with van der Waals surface area (Å²) in [6.45, 7) is 3.97. The number of carbonyl (C=O) groups excluding carboxylic acids is 2. The van der Waals surface area contributed by atoms with E-state index < -0.39 is 0 Å². The number of methoxy groups -OCH3 is 2. The molecule has 0 heterocycles. The van der Waals surface area contributed by atoms with Gasteiger partial charge in [-0.2, -0.15) is 0 Å². The predicted octanol–water partition coefficient (Wildman–Crippen LogP) is 2.19. The van der Waals surface area contributed by atoms with E-state index in [1.54, 1.807) is 25.3 Å². The molecule has 2 amide bonds. The average Bonchev–Trinajstić information content (AvgIpc) is 3.35. The van der Waals surface area contributed by atoms with Crippen LogP contribution in [-0.2, 0) is 9.59 Å². The average molecular weight is 320 g/mol. The van der Waals surface area contributed by atoms with E-state index in [2.05, 4.69) is 10.6 Å². The maximum Gasteiger partial charge on any atom is 0.228 e. The van der Waals surface area contributed by atoms with Crippen molar-refractivity contribution in [3.8, 4) is 11.5 Å². The molecule has 126 valence electrons. The van der Waals surface area contributed by atoms with Crippen molar-refractivity contribution in [2.24, 2.45) is 11.8 Å². The second kappa shape index (κ2) is 7.35. The van der Waals surface area contributed by atoms with Gasteiger partial charge in [-0.1, -0.05) is 6.92 Å². The summed E-state index contributed by atoms with van der Waals surface area (Å²) in [6.07, 6.45) is 1.46. The Bertz CT molecular complexity index is 588. The van der Waals surface area contributed by atoms with E-state index in [1.807, 2.05) is 13.8 Å². The molecule has 2 rings (SSSR count). The molecule has 1 aromatic rings. The van der Waals surface area contributed by atoms with Gasteiger partial charge in [0.1, 0.15) is 11.5 Å². The molecule has 0 aromatic heterocycles. The Labute approximate surface area is 136 Å². The highest BCUT2D eigenvalue weighted by atomic mass is 16.5. The lowest BCUT2D eigenvalue weighted by Gasteiger charge is -2.12. The molecule has 0 radical (unpaired) electrons. The summed E-state index contributed by atoms with van der Waals surface area (Å²) in [5.41, 5.74) is 0.575. The highest BCUT2D eigenvalue weighted by molar-refractivity contribution is 6.00. The van der Waals surface area contributed by atoms with Crippen molar-refractivity contribution in [3.63, 3.8) is 0 Å². The molecule has 2 N–H and O–H groups in total. The Balaban J connectivity index is 1.95. The number of anilines is 1. The molecule has 6 heteroatoms. The molecule has 0 spiro atoms. The molecule has 3 atom stereocenters. The molecule has 1 aliphatic carbocycles. The summed E-state index contributed by atoms with van der Waals surface area (Å²) in [4.78, 5) is 24.3. The zero-order valence-corrected chi connectivity index (χ0v) is 14.0. The summed E-state index contributed by atoms with van der Waals surface area (Å²) in [5, 5.41) is 5.75. The topological polar surface area (TPSA) is 76.7 Å². The minimum Gasteiger partial charge on any atom is -0.497 e. The smallest absolute Gasteiger partial charge is 0.228 e. The largest absolute Gasteiger partial charge is 0.497 e. The molecule has 0 bridgehead atoms. The number of hydrogen-bond donors (Lipinski definition) is 2. The highest BCUT2D eigenvalue weighted by Gasteiger charge is 2.48. The maximum atomic E-state index is 12.3. The fourth-order valence-corrected chi connectivity index (χ4v) is 2.35. The lowest BCUT2D eigenvalue weighted by molar-refractivity contribution is -0.125. The third-order valence-corrected chi connectivity index (χ3v) is 4.13. The van der Waals surface area contributed by atoms with Crippen LogP contribution in [0.3, 0.4) is 0 Å². The van der Waals surface area contributed by atoms with Crippen LogP contribution in [0.25, 0.3) is 0 Å². The van der Waals surface area contributed by atoms with Crippen LogP contribution in [0.5, 0.6) is 11.5 Å². The first kappa shape index (κ1) is 17.1. The van der Waals surface area contributed by atoms with Crippen LogP contribution in [0.15, 0.2) is 18.2 Å². The number of amides is 2. The minimum absolute atomic E-state index is 0.0406. The van der Waals surface area contributed by atoms with Crippen LogP contribution in [0.4, 0.5) is 5.69 Å². The van der Waals surface area contributed by atoms with E-state index >= 15 is 0 Å². The van der Waals surface area contributed by atoms with Crippen LogP contribution in [0.2, 0.25) is 0 Å². The summed E-state index contributed by atoms with van der Waals surface area (Å²) in [5.74, 6) is 0.481. The molecule has 1 aromatic carbocycles. The molecule has 6 nitrogen and oxygen atoms in total. The molecular formula is C17H24N2O4. The van der Waals surface area contributed by atoms with Gasteiger partial charge >= 0.3 is 0 Å². The van der Waals surface area contributed by atoms with E-state index in [9.17, 15) is 9.59 Å². The van der Waals surface area contributed by atoms with Gasteiger partial charge in [-0.05, 0) is 31.9 Å². The molecular weight excluding hydrogens is 296 g/mol. The Morgan fingerprint density at radius 3 is 2.52 bits per heavy atom. The first-order valence-corrected chi connectivity index (χ1v) is 7.83. The van der Waals surface area contributed by atoms with Crippen molar-refractivity contribution < 1.29 is 19.1 Å². The predicted molar refractivity (Wildman–Crippen MR) is 87.7 cm³/mol. The van der Waals surface area contributed by atoms with Crippen molar-refractivity contribution in [2.45, 2.75) is 32.7 Å². The van der Waals surface area contributed by atoms with E-state index in [-0.39, 0.29) is 29.7 Å². The summed E-state index contributed by atoms with van der Waals surface area (Å²) in [6, 6.07) is 5.31. The van der Waals surface area contributed by atoms with E-state index in [4.69, 9.17) is 9.47 Å². The first-order valence-electron chi connectivity index (χ1n) is 7.83. The minimum atomic E-state index is -0.272. The molecule has 0 aliphatic heterocycles. The lowest BCUT2D eigenvalue weighted by Crippen LogP contribution is -2.34. The standard InChI is InChI=1S/C17H24N2O4/c1-5-10(2)18-16(20)12-9-13(12)17(21)19-14-7-6-11(22-3)8-15(14)23-4/h6-8,10,12-13H,5,9H2,1-4H3,(H,18,20)(H,19,21). The summed E-state index contributed by atoms with van der Waals surface area (Å²) < 4.78 is 10.4. The van der Waals surface area contributed by atoms with E-state index in [1.165, 1.54) is 7.11 Å². The highest BCUT2D eigenvalue weighted by Crippen LogP contribution is 2.40. The number of benzene rings is 1. The van der Waals surface area contributed by atoms with Gasteiger partial charge in [0.15, 0.2) is 0 Å². The van der Waals surface area contributed by atoms with Crippen molar-refractivity contribution in [1.29, 1.82) is 0 Å². The van der Waals surface area contributed by atoms with Crippen molar-refractivity contribution >= 4 is 17.5 Å². The number of rotatable bonds is 7. The second-order valence-corrected chi connectivity index (χ2v) is 5.82. The zero-order valence-electron chi connectivity index (χ0n) is 14.0. The maximum absolute atomic E-state index is 12.3. The van der Waals surface area contributed by atoms with Gasteiger partial charge < -0.3 is 20.1 Å². The van der Waals surface area contributed by atoms with Gasteiger partial charge in [0, 0.05) is 12.1 Å². The number of ether oxygens (including phenoxy) is 2. The van der Waals surface area contributed by atoms with Gasteiger partial charge in [0.25, 0.3) is 0 Å². The quantitative estimate of drug-likeness (QED) is 0.807. The zero-order chi connectivity index (χ0) is 17.0. The van der Waals surface area contributed by atoms with Crippen LogP contribution >= 0.6 is 0 Å². The molecule has 1 fully saturated rings. The van der Waals surface area contributed by atoms with Crippen LogP contribution in [0, 0.1) is 11.8 Å². The number of nitrogens with one attached hydrogen (secondary N) is 2. The lowest BCUT2D eigenvalue weighted by atomic mass is 10.2. The fourth-order valence-electron chi connectivity index (χ4n) is 2.35. The monoisotopic (exact) mass is 320 g/mol. The Hall–Kier alpha value is -2.24. The molecule has 0 saturated heterocycles. The molecule has 1 aliphatic rings. The Morgan fingerprint density at radius 1 is 1.22 bits per heavy atom. The normalized spacial score (nSPS) is 20.3. The number of carbonyl (C=O) groups is 2. The van der Waals surface area contributed by atoms with Gasteiger partial charge in [0.05, 0.1) is 31.7 Å². The van der Waals surface area contributed by atoms with E-state index in [0.717, 1.165) is 6.42 Å². The SMILES string of the molecule is CCC(C)NC(=O)C1CC1C(=O)Nc1ccc(OC)cc1OC. The van der Waals surface area contributed by atoms with Gasteiger partial charge in [-0.15, -0.1) is 0 Å². The van der Waals surface area contributed by atoms with Gasteiger partial charge in [-0.3, -0.25) is 9.59 Å². The number of hydrogen-bond acceptors (Lipinski definition) is 4. The molecule has 23 heavy (non-hydrogen) atoms. The summed E-state index contributed by atoms with van der Waals surface area (Å²) >= 11 is 0. The van der Waals surface area contributed by atoms with Crippen LogP contribution < -0.4 is 20.1 Å². The third kappa shape index (κ3) is 4.15. The molecule has 1 saturated carbocycles. The van der Waals surface area contributed by atoms with E-state index in [0.29, 0.717) is 23.6 Å². The Kier molecular flexibility index (Phi) is 5.47. The summed E-state index contributed by atoms with van der Waals surface area (Å²) in [7, 11) is 3.10. The van der Waals surface area contributed by atoms with Crippen LogP contribution in [0.1, 0.15) is 26.7 Å². The molecule has 3 unspecified atom stereocenters. The second-order valence-electron chi connectivity index (χ2n) is 5.82. The fraction of sp³-hybridized carbons (Fsp3) is 0.529. The van der Waals surface area contributed by atoms with Crippen molar-refractivity contribution in [3.05, 3.63) is 18.2 Å². The first-order chi connectivity index (χ1) is 11.0.